The molecule has 7 nitrogen and oxygen atoms in total. The first kappa shape index (κ1) is 21.9. The average Bonchev–Trinajstić information content (AvgIpc) is 2.70. The van der Waals surface area contributed by atoms with Gasteiger partial charge in [0, 0.05) is 11.3 Å². The Kier molecular flexibility index (Phi) is 7.77. The van der Waals surface area contributed by atoms with E-state index in [4.69, 9.17) is 9.47 Å². The Labute approximate surface area is 170 Å². The van der Waals surface area contributed by atoms with Gasteiger partial charge < -0.3 is 20.1 Å². The fraction of sp³-hybridized carbons (Fsp3) is 0.318. The number of methoxy groups -OCH3 is 1. The van der Waals surface area contributed by atoms with Crippen LogP contribution >= 0.6 is 0 Å². The van der Waals surface area contributed by atoms with E-state index in [1.54, 1.807) is 57.4 Å². The van der Waals surface area contributed by atoms with Crippen LogP contribution in [0.1, 0.15) is 29.8 Å². The summed E-state index contributed by atoms with van der Waals surface area (Å²) in [6, 6.07) is 13.0. The number of aryl methyl sites for hydroxylation is 1. The van der Waals surface area contributed by atoms with Gasteiger partial charge in [-0.05, 0) is 48.7 Å². The van der Waals surface area contributed by atoms with Crippen LogP contribution in [0.15, 0.2) is 48.5 Å². The minimum atomic E-state index is -0.865. The maximum atomic E-state index is 12.5. The van der Waals surface area contributed by atoms with Crippen LogP contribution in [0, 0.1) is 12.8 Å². The van der Waals surface area contributed by atoms with Crippen LogP contribution < -0.4 is 15.4 Å². The van der Waals surface area contributed by atoms with Gasteiger partial charge in [-0.15, -0.1) is 0 Å². The van der Waals surface area contributed by atoms with Gasteiger partial charge in [-0.2, -0.15) is 0 Å². The maximum absolute atomic E-state index is 12.5. The molecule has 0 aromatic heterocycles. The van der Waals surface area contributed by atoms with Gasteiger partial charge in [-0.3, -0.25) is 9.59 Å². The average molecular weight is 398 g/mol. The zero-order chi connectivity index (χ0) is 21.4. The zero-order valence-electron chi connectivity index (χ0n) is 17.0. The van der Waals surface area contributed by atoms with Crippen LogP contribution in [0.25, 0.3) is 0 Å². The van der Waals surface area contributed by atoms with Crippen LogP contribution in [-0.2, 0) is 14.3 Å². The minimum absolute atomic E-state index is 0.208. The summed E-state index contributed by atoms with van der Waals surface area (Å²) in [5.74, 6) is -1.04. The van der Waals surface area contributed by atoms with Crippen molar-refractivity contribution >= 4 is 23.5 Å². The molecule has 0 aliphatic carbocycles. The third-order valence-corrected chi connectivity index (χ3v) is 4.32. The predicted molar refractivity (Wildman–Crippen MR) is 110 cm³/mol. The van der Waals surface area contributed by atoms with Crippen molar-refractivity contribution in [2.45, 2.75) is 26.8 Å². The Morgan fingerprint density at radius 3 is 2.24 bits per heavy atom. The molecule has 0 unspecified atom stereocenters. The quantitative estimate of drug-likeness (QED) is 0.667. The summed E-state index contributed by atoms with van der Waals surface area (Å²) in [5, 5.41) is 5.33. The summed E-state index contributed by atoms with van der Waals surface area (Å²) in [6.45, 7) is 4.96. The number of esters is 1. The number of carbonyl (C=O) groups excluding carboxylic acids is 3. The van der Waals surface area contributed by atoms with Gasteiger partial charge in [0.15, 0.2) is 6.61 Å². The monoisotopic (exact) mass is 398 g/mol. The number of hydrogen-bond acceptors (Lipinski definition) is 5. The minimum Gasteiger partial charge on any atom is -0.497 e. The molecule has 0 radical (unpaired) electrons. The fourth-order valence-corrected chi connectivity index (χ4v) is 2.64. The van der Waals surface area contributed by atoms with E-state index in [9.17, 15) is 14.4 Å². The molecule has 2 amide bonds. The first-order chi connectivity index (χ1) is 13.8. The van der Waals surface area contributed by atoms with Crippen molar-refractivity contribution in [2.24, 2.45) is 5.92 Å². The largest absolute Gasteiger partial charge is 0.497 e. The van der Waals surface area contributed by atoms with Gasteiger partial charge in [0.1, 0.15) is 11.8 Å². The van der Waals surface area contributed by atoms with E-state index in [0.29, 0.717) is 17.0 Å². The van der Waals surface area contributed by atoms with Crippen molar-refractivity contribution < 1.29 is 23.9 Å². The SMILES string of the molecule is COc1ccc(NC(=O)COC(=O)[C@@H](NC(=O)c2ccccc2C)C(C)C)cc1. The summed E-state index contributed by atoms with van der Waals surface area (Å²) in [5.41, 5.74) is 1.85. The van der Waals surface area contributed by atoms with Crippen LogP contribution in [0.2, 0.25) is 0 Å². The van der Waals surface area contributed by atoms with Crippen molar-refractivity contribution in [3.05, 3.63) is 59.7 Å². The molecular formula is C22H26N2O5. The lowest BCUT2D eigenvalue weighted by Gasteiger charge is -2.21. The van der Waals surface area contributed by atoms with Gasteiger partial charge in [0.2, 0.25) is 0 Å². The highest BCUT2D eigenvalue weighted by Gasteiger charge is 2.27. The molecule has 0 saturated heterocycles. The summed E-state index contributed by atoms with van der Waals surface area (Å²) < 4.78 is 10.2. The van der Waals surface area contributed by atoms with Crippen molar-refractivity contribution in [3.63, 3.8) is 0 Å². The summed E-state index contributed by atoms with van der Waals surface area (Å²) in [7, 11) is 1.55. The van der Waals surface area contributed by atoms with E-state index in [-0.39, 0.29) is 11.8 Å². The second-order valence-electron chi connectivity index (χ2n) is 6.89. The molecule has 0 bridgehead atoms. The number of carbonyl (C=O) groups is 3. The van der Waals surface area contributed by atoms with Crippen molar-refractivity contribution in [2.75, 3.05) is 19.0 Å². The number of rotatable bonds is 8. The van der Waals surface area contributed by atoms with Crippen molar-refractivity contribution in [3.8, 4) is 5.75 Å². The van der Waals surface area contributed by atoms with Gasteiger partial charge in [-0.1, -0.05) is 32.0 Å². The molecule has 0 aliphatic rings. The lowest BCUT2D eigenvalue weighted by atomic mass is 10.0. The van der Waals surface area contributed by atoms with E-state index in [1.807, 2.05) is 19.1 Å². The number of benzene rings is 2. The number of amides is 2. The highest BCUT2D eigenvalue weighted by molar-refractivity contribution is 5.98. The third kappa shape index (κ3) is 6.34. The predicted octanol–water partition coefficient (Wildman–Crippen LogP) is 2.94. The topological polar surface area (TPSA) is 93.7 Å². The Morgan fingerprint density at radius 1 is 1.00 bits per heavy atom. The third-order valence-electron chi connectivity index (χ3n) is 4.32. The van der Waals surface area contributed by atoms with Gasteiger partial charge in [0.25, 0.3) is 11.8 Å². The number of hydrogen-bond donors (Lipinski definition) is 2. The Morgan fingerprint density at radius 2 is 1.66 bits per heavy atom. The van der Waals surface area contributed by atoms with E-state index in [0.717, 1.165) is 5.56 Å². The first-order valence-electron chi connectivity index (χ1n) is 9.29. The van der Waals surface area contributed by atoms with Crippen molar-refractivity contribution in [1.82, 2.24) is 5.32 Å². The number of ether oxygens (including phenoxy) is 2. The van der Waals surface area contributed by atoms with Crippen LogP contribution in [0.3, 0.4) is 0 Å². The Hall–Kier alpha value is -3.35. The van der Waals surface area contributed by atoms with Gasteiger partial charge in [0.05, 0.1) is 7.11 Å². The molecule has 0 fully saturated rings. The fourth-order valence-electron chi connectivity index (χ4n) is 2.64. The second kappa shape index (κ2) is 10.3. The van der Waals surface area contributed by atoms with E-state index >= 15 is 0 Å². The lowest BCUT2D eigenvalue weighted by molar-refractivity contribution is -0.150. The molecule has 2 aromatic carbocycles. The molecule has 7 heteroatoms. The number of nitrogens with one attached hydrogen (secondary N) is 2. The highest BCUT2D eigenvalue weighted by Crippen LogP contribution is 2.15. The lowest BCUT2D eigenvalue weighted by Crippen LogP contribution is -2.46. The zero-order valence-corrected chi connectivity index (χ0v) is 17.0. The molecule has 154 valence electrons. The molecule has 0 aliphatic heterocycles. The van der Waals surface area contributed by atoms with E-state index in [1.165, 1.54) is 0 Å². The second-order valence-corrected chi connectivity index (χ2v) is 6.89. The van der Waals surface area contributed by atoms with Gasteiger partial charge in [-0.25, -0.2) is 4.79 Å². The molecule has 1 atom stereocenters. The number of anilines is 1. The smallest absolute Gasteiger partial charge is 0.329 e. The maximum Gasteiger partial charge on any atom is 0.329 e. The molecule has 0 heterocycles. The molecule has 2 aromatic rings. The van der Waals surface area contributed by atoms with Gasteiger partial charge >= 0.3 is 5.97 Å². The van der Waals surface area contributed by atoms with Crippen LogP contribution in [0.4, 0.5) is 5.69 Å². The molecular weight excluding hydrogens is 372 g/mol. The van der Waals surface area contributed by atoms with Crippen LogP contribution in [-0.4, -0.2) is 37.5 Å². The van der Waals surface area contributed by atoms with E-state index < -0.39 is 24.5 Å². The molecule has 29 heavy (non-hydrogen) atoms. The Bertz CT molecular complexity index is 862. The summed E-state index contributed by atoms with van der Waals surface area (Å²) in [4.78, 5) is 37.0. The van der Waals surface area contributed by atoms with Crippen LogP contribution in [0.5, 0.6) is 5.75 Å². The van der Waals surface area contributed by atoms with Crippen molar-refractivity contribution in [1.29, 1.82) is 0 Å². The molecule has 2 rings (SSSR count). The summed E-state index contributed by atoms with van der Waals surface area (Å²) >= 11 is 0. The molecule has 2 N–H and O–H groups in total. The molecule has 0 spiro atoms. The standard InChI is InChI=1S/C22H26N2O5/c1-14(2)20(24-21(26)18-8-6-5-7-15(18)3)22(27)29-13-19(25)23-16-9-11-17(28-4)12-10-16/h5-12,14,20H,13H2,1-4H3,(H,23,25)(H,24,26)/t20-/m0/s1. The van der Waals surface area contributed by atoms with E-state index in [2.05, 4.69) is 10.6 Å². The normalized spacial score (nSPS) is 11.5. The summed E-state index contributed by atoms with van der Waals surface area (Å²) in [6.07, 6.45) is 0. The Balaban J connectivity index is 1.92. The first-order valence-corrected chi connectivity index (χ1v) is 9.29. The molecule has 0 saturated carbocycles. The highest BCUT2D eigenvalue weighted by atomic mass is 16.5.